The van der Waals surface area contributed by atoms with Crippen LogP contribution in [-0.4, -0.2) is 27.5 Å². The van der Waals surface area contributed by atoms with Crippen LogP contribution in [0.1, 0.15) is 12.6 Å². The molecule has 0 bridgehead atoms. The number of para-hydroxylation sites is 1. The lowest BCUT2D eigenvalue weighted by Gasteiger charge is -2.15. The van der Waals surface area contributed by atoms with Crippen molar-refractivity contribution in [3.63, 3.8) is 0 Å². The predicted molar refractivity (Wildman–Crippen MR) is 109 cm³/mol. The maximum absolute atomic E-state index is 12.3. The fourth-order valence-corrected chi connectivity index (χ4v) is 3.15. The first-order valence-corrected chi connectivity index (χ1v) is 9.13. The number of fused-ring (bicyclic) bond motifs is 1. The van der Waals surface area contributed by atoms with Gasteiger partial charge in [-0.05, 0) is 37.4 Å². The number of nitro benzene ring substituents is 1. The standard InChI is InChI=1S/C20H18ClN3O5/c1-12-9-14-5-3-4-6-18(14)23(12)11-19(25)29-13(2)20(26)22-17-8-7-15(24(27)28)10-16(17)21/h3-10,13H,11H2,1-2H3,(H,22,26). The lowest BCUT2D eigenvalue weighted by atomic mass is 10.2. The molecule has 0 spiro atoms. The third-order valence-corrected chi connectivity index (χ3v) is 4.72. The number of hydrogen-bond donors (Lipinski definition) is 1. The molecule has 1 heterocycles. The number of nitrogens with zero attached hydrogens (tertiary/aromatic N) is 2. The third kappa shape index (κ3) is 4.55. The summed E-state index contributed by atoms with van der Waals surface area (Å²) in [5.41, 5.74) is 1.80. The SMILES string of the molecule is Cc1cc2ccccc2n1CC(=O)OC(C)C(=O)Nc1ccc([N+](=O)[O-])cc1Cl. The van der Waals surface area contributed by atoms with Crippen molar-refractivity contribution >= 4 is 45.8 Å². The van der Waals surface area contributed by atoms with E-state index >= 15 is 0 Å². The Bertz CT molecular complexity index is 1110. The van der Waals surface area contributed by atoms with Crippen LogP contribution in [0.2, 0.25) is 5.02 Å². The topological polar surface area (TPSA) is 103 Å². The van der Waals surface area contributed by atoms with E-state index in [4.69, 9.17) is 16.3 Å². The molecular weight excluding hydrogens is 398 g/mol. The monoisotopic (exact) mass is 415 g/mol. The van der Waals surface area contributed by atoms with E-state index in [9.17, 15) is 19.7 Å². The zero-order valence-corrected chi connectivity index (χ0v) is 16.5. The van der Waals surface area contributed by atoms with Crippen molar-refractivity contribution in [1.82, 2.24) is 4.57 Å². The second kappa shape index (κ2) is 8.32. The molecule has 0 fully saturated rings. The summed E-state index contributed by atoms with van der Waals surface area (Å²) in [6, 6.07) is 13.3. The Hall–Kier alpha value is -3.39. The second-order valence-electron chi connectivity index (χ2n) is 6.47. The highest BCUT2D eigenvalue weighted by Gasteiger charge is 2.20. The first kappa shape index (κ1) is 20.3. The molecule has 8 nitrogen and oxygen atoms in total. The molecule has 0 aliphatic rings. The van der Waals surface area contributed by atoms with Crippen LogP contribution >= 0.6 is 11.6 Å². The van der Waals surface area contributed by atoms with E-state index in [1.807, 2.05) is 41.8 Å². The zero-order chi connectivity index (χ0) is 21.1. The van der Waals surface area contributed by atoms with E-state index < -0.39 is 22.9 Å². The van der Waals surface area contributed by atoms with Gasteiger partial charge in [-0.2, -0.15) is 0 Å². The van der Waals surface area contributed by atoms with Gasteiger partial charge in [-0.1, -0.05) is 29.8 Å². The molecule has 29 heavy (non-hydrogen) atoms. The summed E-state index contributed by atoms with van der Waals surface area (Å²) in [6.45, 7) is 3.29. The molecule has 1 N–H and O–H groups in total. The number of amides is 1. The molecule has 0 aliphatic carbocycles. The normalized spacial score (nSPS) is 11.8. The number of carbonyl (C=O) groups is 2. The molecular formula is C20H18ClN3O5. The highest BCUT2D eigenvalue weighted by atomic mass is 35.5. The number of esters is 1. The van der Waals surface area contributed by atoms with Crippen molar-refractivity contribution in [2.75, 3.05) is 5.32 Å². The van der Waals surface area contributed by atoms with Gasteiger partial charge in [-0.15, -0.1) is 0 Å². The molecule has 0 radical (unpaired) electrons. The molecule has 1 unspecified atom stereocenters. The van der Waals surface area contributed by atoms with Crippen LogP contribution in [0.15, 0.2) is 48.5 Å². The Kier molecular flexibility index (Phi) is 5.84. The van der Waals surface area contributed by atoms with Crippen LogP contribution < -0.4 is 5.32 Å². The maximum atomic E-state index is 12.3. The molecule has 9 heteroatoms. The lowest BCUT2D eigenvalue weighted by Crippen LogP contribution is -2.31. The van der Waals surface area contributed by atoms with Crippen LogP contribution in [0.5, 0.6) is 0 Å². The number of aryl methyl sites for hydroxylation is 1. The minimum absolute atomic E-state index is 0.0144. The van der Waals surface area contributed by atoms with Gasteiger partial charge >= 0.3 is 5.97 Å². The predicted octanol–water partition coefficient (Wildman–Crippen LogP) is 4.08. The lowest BCUT2D eigenvalue weighted by molar-refractivity contribution is -0.384. The van der Waals surface area contributed by atoms with E-state index in [2.05, 4.69) is 5.32 Å². The van der Waals surface area contributed by atoms with Crippen molar-refractivity contribution in [2.45, 2.75) is 26.5 Å². The summed E-state index contributed by atoms with van der Waals surface area (Å²) in [7, 11) is 0. The minimum Gasteiger partial charge on any atom is -0.451 e. The second-order valence-corrected chi connectivity index (χ2v) is 6.88. The highest BCUT2D eigenvalue weighted by Crippen LogP contribution is 2.27. The van der Waals surface area contributed by atoms with Crippen molar-refractivity contribution in [2.24, 2.45) is 0 Å². The summed E-state index contributed by atoms with van der Waals surface area (Å²) in [6.07, 6.45) is -1.07. The molecule has 0 saturated carbocycles. The average Bonchev–Trinajstić information content (AvgIpc) is 2.98. The van der Waals surface area contributed by atoms with E-state index in [-0.39, 0.29) is 22.9 Å². The zero-order valence-electron chi connectivity index (χ0n) is 15.7. The number of anilines is 1. The van der Waals surface area contributed by atoms with Crippen LogP contribution in [0.3, 0.4) is 0 Å². The van der Waals surface area contributed by atoms with Gasteiger partial charge in [0.1, 0.15) is 6.54 Å². The molecule has 2 aromatic carbocycles. The van der Waals surface area contributed by atoms with Crippen molar-refractivity contribution in [3.05, 3.63) is 69.4 Å². The van der Waals surface area contributed by atoms with Crippen LogP contribution in [0.25, 0.3) is 10.9 Å². The van der Waals surface area contributed by atoms with Gasteiger partial charge < -0.3 is 14.6 Å². The number of halogens is 1. The Labute approximate surface area is 171 Å². The van der Waals surface area contributed by atoms with Crippen LogP contribution in [0.4, 0.5) is 11.4 Å². The Balaban J connectivity index is 1.64. The van der Waals surface area contributed by atoms with E-state index in [0.717, 1.165) is 22.7 Å². The average molecular weight is 416 g/mol. The molecule has 1 amide bonds. The maximum Gasteiger partial charge on any atom is 0.326 e. The van der Waals surface area contributed by atoms with E-state index in [1.165, 1.54) is 19.1 Å². The van der Waals surface area contributed by atoms with Gasteiger partial charge in [-0.25, -0.2) is 0 Å². The number of rotatable bonds is 6. The first-order chi connectivity index (χ1) is 13.8. The quantitative estimate of drug-likeness (QED) is 0.371. The largest absolute Gasteiger partial charge is 0.451 e. The molecule has 3 rings (SSSR count). The van der Waals surface area contributed by atoms with Gasteiger partial charge in [0, 0.05) is 23.3 Å². The summed E-state index contributed by atoms with van der Waals surface area (Å²) in [5, 5.41) is 14.3. The summed E-state index contributed by atoms with van der Waals surface area (Å²) >= 11 is 5.97. The number of ether oxygens (including phenoxy) is 1. The van der Waals surface area contributed by atoms with Crippen molar-refractivity contribution in [1.29, 1.82) is 0 Å². The number of aromatic nitrogens is 1. The molecule has 3 aromatic rings. The number of non-ortho nitro benzene ring substituents is 1. The minimum atomic E-state index is -1.07. The number of carbonyl (C=O) groups excluding carboxylic acids is 2. The molecule has 1 atom stereocenters. The highest BCUT2D eigenvalue weighted by molar-refractivity contribution is 6.34. The van der Waals surface area contributed by atoms with Crippen molar-refractivity contribution in [3.8, 4) is 0 Å². The Morgan fingerprint density at radius 2 is 1.97 bits per heavy atom. The fraction of sp³-hybridized carbons (Fsp3) is 0.200. The molecule has 0 saturated heterocycles. The molecule has 1 aromatic heterocycles. The number of hydrogen-bond acceptors (Lipinski definition) is 5. The number of nitrogens with one attached hydrogen (secondary N) is 1. The molecule has 0 aliphatic heterocycles. The first-order valence-electron chi connectivity index (χ1n) is 8.75. The third-order valence-electron chi connectivity index (χ3n) is 4.40. The Morgan fingerprint density at radius 3 is 2.66 bits per heavy atom. The van der Waals surface area contributed by atoms with Crippen LogP contribution in [0, 0.1) is 17.0 Å². The Morgan fingerprint density at radius 1 is 1.24 bits per heavy atom. The van der Waals surface area contributed by atoms with Crippen LogP contribution in [-0.2, 0) is 20.9 Å². The smallest absolute Gasteiger partial charge is 0.326 e. The van der Waals surface area contributed by atoms with Gasteiger partial charge in [-0.3, -0.25) is 19.7 Å². The summed E-state index contributed by atoms with van der Waals surface area (Å²) in [4.78, 5) is 34.8. The summed E-state index contributed by atoms with van der Waals surface area (Å²) < 4.78 is 7.06. The van der Waals surface area contributed by atoms with Gasteiger partial charge in [0.25, 0.3) is 11.6 Å². The van der Waals surface area contributed by atoms with E-state index in [0.29, 0.717) is 0 Å². The summed E-state index contributed by atoms with van der Waals surface area (Å²) in [5.74, 6) is -1.16. The molecule has 150 valence electrons. The van der Waals surface area contributed by atoms with E-state index in [1.54, 1.807) is 0 Å². The van der Waals surface area contributed by atoms with Gasteiger partial charge in [0.15, 0.2) is 6.10 Å². The number of benzene rings is 2. The van der Waals surface area contributed by atoms with Gasteiger partial charge in [0.05, 0.1) is 15.6 Å². The fourth-order valence-electron chi connectivity index (χ4n) is 2.93. The number of nitro groups is 1. The van der Waals surface area contributed by atoms with Gasteiger partial charge in [0.2, 0.25) is 0 Å². The van der Waals surface area contributed by atoms with Crippen molar-refractivity contribution < 1.29 is 19.2 Å².